The number of nitrogens with one attached hydrogen (secondary N) is 2. The number of imide groups is 1. The van der Waals surface area contributed by atoms with Gasteiger partial charge in [-0.1, -0.05) is 30.3 Å². The molecule has 2 aliphatic rings. The minimum Gasteiger partial charge on any atom is -0.353 e. The highest BCUT2D eigenvalue weighted by atomic mass is 16.2. The van der Waals surface area contributed by atoms with Crippen LogP contribution < -0.4 is 10.7 Å². The van der Waals surface area contributed by atoms with Crippen LogP contribution in [-0.2, 0) is 23.1 Å². The number of aromatic nitrogens is 1. The summed E-state index contributed by atoms with van der Waals surface area (Å²) in [4.78, 5) is 40.2. The van der Waals surface area contributed by atoms with Crippen LogP contribution in [-0.4, -0.2) is 50.9 Å². The lowest BCUT2D eigenvalue weighted by Gasteiger charge is -2.25. The number of carbonyl (C=O) groups excluding carboxylic acids is 3. The van der Waals surface area contributed by atoms with E-state index >= 15 is 0 Å². The summed E-state index contributed by atoms with van der Waals surface area (Å²) in [5.41, 5.74) is 3.73. The fourth-order valence-electron chi connectivity index (χ4n) is 4.51. The van der Waals surface area contributed by atoms with E-state index in [1.165, 1.54) is 0 Å². The van der Waals surface area contributed by atoms with Gasteiger partial charge in [-0.15, -0.1) is 0 Å². The summed E-state index contributed by atoms with van der Waals surface area (Å²) < 4.78 is 2.07. The van der Waals surface area contributed by atoms with E-state index in [-0.39, 0.29) is 18.5 Å². The highest BCUT2D eigenvalue weighted by Crippen LogP contribution is 2.31. The molecule has 2 atom stereocenters. The quantitative estimate of drug-likeness (QED) is 0.668. The topological polar surface area (TPSA) is 86.7 Å². The van der Waals surface area contributed by atoms with Gasteiger partial charge in [-0.25, -0.2) is 4.79 Å². The average Bonchev–Trinajstić information content (AvgIpc) is 3.43. The highest BCUT2D eigenvalue weighted by Gasteiger charge is 2.48. The Morgan fingerprint density at radius 2 is 1.97 bits per heavy atom. The molecule has 8 nitrogen and oxygen atoms in total. The zero-order valence-electron chi connectivity index (χ0n) is 18.0. The lowest BCUT2D eigenvalue weighted by atomic mass is 9.93. The number of likely N-dealkylation sites (tertiary alicyclic amines) is 1. The first-order chi connectivity index (χ1) is 14.9. The van der Waals surface area contributed by atoms with Gasteiger partial charge in [0.25, 0.3) is 11.8 Å². The number of carbonyl (C=O) groups is 3. The molecule has 4 rings (SSSR count). The maximum atomic E-state index is 12.9. The third-order valence-electron chi connectivity index (χ3n) is 6.29. The number of amides is 4. The summed E-state index contributed by atoms with van der Waals surface area (Å²) in [7, 11) is 2.00. The highest BCUT2D eigenvalue weighted by molar-refractivity contribution is 6.07. The first-order valence-corrected chi connectivity index (χ1v) is 10.7. The van der Waals surface area contributed by atoms with E-state index in [2.05, 4.69) is 26.3 Å². The molecule has 0 saturated carbocycles. The molecule has 0 radical (unpaired) electrons. The standard InChI is InChI=1S/C23H29N5O3/c1-23(13-12-17-8-4-3-5-9-17)21(30)28(22(31)24-23)25-20(29)16-27-15-7-11-19(27)18-10-6-14-26(18)2/h3-6,8-10,14,19H,7,11-13,15-16H2,1-2H3,(H,24,31)(H,25,29)/t19-,23+/m1/s1. The summed E-state index contributed by atoms with van der Waals surface area (Å²) >= 11 is 0. The predicted octanol–water partition coefficient (Wildman–Crippen LogP) is 2.14. The zero-order valence-corrected chi connectivity index (χ0v) is 18.0. The molecule has 0 aliphatic carbocycles. The van der Waals surface area contributed by atoms with Gasteiger partial charge < -0.3 is 9.88 Å². The lowest BCUT2D eigenvalue weighted by Crippen LogP contribution is -2.51. The van der Waals surface area contributed by atoms with Crippen molar-refractivity contribution in [2.75, 3.05) is 13.1 Å². The molecular formula is C23H29N5O3. The number of hydrazine groups is 1. The van der Waals surface area contributed by atoms with E-state index in [0.29, 0.717) is 12.8 Å². The van der Waals surface area contributed by atoms with Gasteiger partial charge in [0, 0.05) is 18.9 Å². The van der Waals surface area contributed by atoms with Crippen molar-refractivity contribution in [2.24, 2.45) is 7.05 Å². The smallest absolute Gasteiger partial charge is 0.344 e. The van der Waals surface area contributed by atoms with Crippen LogP contribution in [0.2, 0.25) is 0 Å². The van der Waals surface area contributed by atoms with Gasteiger partial charge in [-0.3, -0.25) is 19.9 Å². The van der Waals surface area contributed by atoms with Crippen molar-refractivity contribution < 1.29 is 14.4 Å². The van der Waals surface area contributed by atoms with Crippen LogP contribution in [0.15, 0.2) is 48.7 Å². The van der Waals surface area contributed by atoms with Crippen LogP contribution in [0, 0.1) is 0 Å². The summed E-state index contributed by atoms with van der Waals surface area (Å²) in [6.45, 7) is 2.64. The summed E-state index contributed by atoms with van der Waals surface area (Å²) in [5.74, 6) is -0.792. The maximum absolute atomic E-state index is 12.9. The fourth-order valence-corrected chi connectivity index (χ4v) is 4.51. The Hall–Kier alpha value is -3.13. The molecule has 0 bridgehead atoms. The number of rotatable bonds is 7. The minimum absolute atomic E-state index is 0.133. The number of hydrogen-bond donors (Lipinski definition) is 2. The second-order valence-electron chi connectivity index (χ2n) is 8.60. The molecule has 2 aliphatic heterocycles. The Bertz CT molecular complexity index is 973. The molecule has 31 heavy (non-hydrogen) atoms. The van der Waals surface area contributed by atoms with E-state index in [9.17, 15) is 14.4 Å². The molecule has 0 spiro atoms. The van der Waals surface area contributed by atoms with Crippen molar-refractivity contribution in [1.82, 2.24) is 25.2 Å². The van der Waals surface area contributed by atoms with Crippen LogP contribution >= 0.6 is 0 Å². The number of hydrogen-bond acceptors (Lipinski definition) is 4. The number of aryl methyl sites for hydroxylation is 2. The normalized spacial score (nSPS) is 23.9. The molecule has 0 unspecified atom stereocenters. The fraction of sp³-hybridized carbons (Fsp3) is 0.435. The predicted molar refractivity (Wildman–Crippen MR) is 116 cm³/mol. The Kier molecular flexibility index (Phi) is 5.82. The average molecular weight is 424 g/mol. The van der Waals surface area contributed by atoms with Crippen molar-refractivity contribution in [3.05, 3.63) is 59.9 Å². The summed E-state index contributed by atoms with van der Waals surface area (Å²) in [6, 6.07) is 13.4. The largest absolute Gasteiger partial charge is 0.353 e. The number of benzene rings is 1. The minimum atomic E-state index is -1.04. The molecule has 2 saturated heterocycles. The first-order valence-electron chi connectivity index (χ1n) is 10.7. The molecule has 8 heteroatoms. The molecule has 2 N–H and O–H groups in total. The molecule has 4 amide bonds. The summed E-state index contributed by atoms with van der Waals surface area (Å²) in [6.07, 6.45) is 5.08. The van der Waals surface area contributed by atoms with Crippen molar-refractivity contribution in [3.63, 3.8) is 0 Å². The van der Waals surface area contributed by atoms with Crippen molar-refractivity contribution in [2.45, 2.75) is 44.2 Å². The van der Waals surface area contributed by atoms with Crippen molar-refractivity contribution in [3.8, 4) is 0 Å². The van der Waals surface area contributed by atoms with Crippen LogP contribution in [0.3, 0.4) is 0 Å². The molecule has 1 aromatic carbocycles. The SMILES string of the molecule is Cn1cccc1[C@H]1CCCN1CC(=O)NN1C(=O)N[C@@](C)(CCc2ccccc2)C1=O. The van der Waals surface area contributed by atoms with E-state index in [4.69, 9.17) is 0 Å². The second-order valence-corrected chi connectivity index (χ2v) is 8.60. The van der Waals surface area contributed by atoms with Crippen molar-refractivity contribution >= 4 is 17.8 Å². The van der Waals surface area contributed by atoms with E-state index in [1.54, 1.807) is 6.92 Å². The van der Waals surface area contributed by atoms with E-state index < -0.39 is 17.5 Å². The molecule has 1 aromatic heterocycles. The zero-order chi connectivity index (χ0) is 22.0. The lowest BCUT2D eigenvalue weighted by molar-refractivity contribution is -0.139. The molecule has 3 heterocycles. The maximum Gasteiger partial charge on any atom is 0.344 e. The first kappa shape index (κ1) is 21.1. The Labute approximate surface area is 182 Å². The van der Waals surface area contributed by atoms with Gasteiger partial charge in [-0.2, -0.15) is 5.01 Å². The summed E-state index contributed by atoms with van der Waals surface area (Å²) in [5, 5.41) is 3.58. The number of urea groups is 1. The monoisotopic (exact) mass is 423 g/mol. The van der Waals surface area contributed by atoms with E-state index in [0.717, 1.165) is 35.7 Å². The molecule has 164 valence electrons. The Morgan fingerprint density at radius 3 is 2.68 bits per heavy atom. The third kappa shape index (κ3) is 4.34. The van der Waals surface area contributed by atoms with Gasteiger partial charge in [0.1, 0.15) is 5.54 Å². The van der Waals surface area contributed by atoms with Gasteiger partial charge in [0.2, 0.25) is 0 Å². The third-order valence-corrected chi connectivity index (χ3v) is 6.29. The van der Waals surface area contributed by atoms with Crippen LogP contribution in [0.4, 0.5) is 4.79 Å². The van der Waals surface area contributed by atoms with Gasteiger partial charge in [-0.05, 0) is 56.8 Å². The van der Waals surface area contributed by atoms with Crippen LogP contribution in [0.5, 0.6) is 0 Å². The van der Waals surface area contributed by atoms with Gasteiger partial charge in [0.05, 0.1) is 12.6 Å². The molecule has 2 aromatic rings. The Balaban J connectivity index is 1.36. The molecular weight excluding hydrogens is 394 g/mol. The second kappa shape index (κ2) is 8.55. The van der Waals surface area contributed by atoms with E-state index in [1.807, 2.05) is 49.6 Å². The number of nitrogens with zero attached hydrogens (tertiary/aromatic N) is 3. The van der Waals surface area contributed by atoms with Crippen molar-refractivity contribution in [1.29, 1.82) is 0 Å². The Morgan fingerprint density at radius 1 is 1.19 bits per heavy atom. The van der Waals surface area contributed by atoms with Gasteiger partial charge >= 0.3 is 6.03 Å². The molecule has 2 fully saturated rings. The van der Waals surface area contributed by atoms with Crippen LogP contribution in [0.25, 0.3) is 0 Å². The van der Waals surface area contributed by atoms with Crippen LogP contribution in [0.1, 0.15) is 43.5 Å². The van der Waals surface area contributed by atoms with Gasteiger partial charge in [0.15, 0.2) is 0 Å².